The first-order valence-electron chi connectivity index (χ1n) is 3.93. The molecule has 4 heteroatoms. The third kappa shape index (κ3) is 1.28. The number of halogens is 3. The Hall–Kier alpha value is -0.500. The lowest BCUT2D eigenvalue weighted by molar-refractivity contribution is -0.115. The molecule has 72 valence electrons. The Bertz CT molecular complexity index is 420. The van der Waals surface area contributed by atoms with Gasteiger partial charge in [0.1, 0.15) is 0 Å². The van der Waals surface area contributed by atoms with Gasteiger partial charge in [-0.15, -0.1) is 0 Å². The van der Waals surface area contributed by atoms with E-state index in [-0.39, 0.29) is 5.03 Å². The van der Waals surface area contributed by atoms with E-state index in [2.05, 4.69) is 0 Å². The third-order valence-corrected chi connectivity index (χ3v) is 3.16. The first-order valence-corrected chi connectivity index (χ1v) is 5.07. The molecule has 0 spiro atoms. The highest BCUT2D eigenvalue weighted by molar-refractivity contribution is 6.75. The van der Waals surface area contributed by atoms with Gasteiger partial charge in [-0.25, -0.2) is 0 Å². The van der Waals surface area contributed by atoms with E-state index in [4.69, 9.17) is 34.8 Å². The number of hydrogen-bond donors (Lipinski definition) is 0. The van der Waals surface area contributed by atoms with E-state index in [9.17, 15) is 4.79 Å². The van der Waals surface area contributed by atoms with Crippen molar-refractivity contribution >= 4 is 46.2 Å². The van der Waals surface area contributed by atoms with Gasteiger partial charge in [0.15, 0.2) is 0 Å². The summed E-state index contributed by atoms with van der Waals surface area (Å²) in [6.45, 7) is 0. The van der Waals surface area contributed by atoms with Gasteiger partial charge in [-0.1, -0.05) is 65.1 Å². The topological polar surface area (TPSA) is 17.1 Å². The van der Waals surface area contributed by atoms with Crippen LogP contribution < -0.4 is 0 Å². The van der Waals surface area contributed by atoms with Gasteiger partial charge in [-0.3, -0.25) is 4.79 Å². The predicted octanol–water partition coefficient (Wildman–Crippen LogP) is 3.39. The highest BCUT2D eigenvalue weighted by atomic mass is 35.5. The molecule has 1 aromatic rings. The lowest BCUT2D eigenvalue weighted by atomic mass is 9.89. The Kier molecular flexibility index (Phi) is 2.34. The van der Waals surface area contributed by atoms with Gasteiger partial charge in [-0.2, -0.15) is 0 Å². The van der Waals surface area contributed by atoms with Gasteiger partial charge in [0, 0.05) is 5.57 Å². The van der Waals surface area contributed by atoms with Crippen LogP contribution in [0.15, 0.2) is 35.4 Å². The molecule has 1 aliphatic carbocycles. The number of hydrogen-bond acceptors (Lipinski definition) is 1. The lowest BCUT2D eigenvalue weighted by Gasteiger charge is -2.31. The smallest absolute Gasteiger partial charge is 0.215 e. The number of allylic oxidation sites excluding steroid dienone is 2. The van der Waals surface area contributed by atoms with Crippen molar-refractivity contribution in [2.75, 3.05) is 0 Å². The van der Waals surface area contributed by atoms with Crippen LogP contribution in [0.1, 0.15) is 5.56 Å². The number of alkyl halides is 2. The van der Waals surface area contributed by atoms with Crippen molar-refractivity contribution in [2.45, 2.75) is 4.33 Å². The number of ketones is 1. The molecule has 0 saturated heterocycles. The Balaban J connectivity index is 2.53. The highest BCUT2D eigenvalue weighted by Gasteiger charge is 2.51. The van der Waals surface area contributed by atoms with Crippen molar-refractivity contribution in [3.05, 3.63) is 40.9 Å². The second kappa shape index (κ2) is 3.27. The normalized spacial score (nSPS) is 19.5. The fourth-order valence-corrected chi connectivity index (χ4v) is 2.54. The summed E-state index contributed by atoms with van der Waals surface area (Å²) in [5, 5.41) is 0.126. The van der Waals surface area contributed by atoms with Crippen LogP contribution in [-0.4, -0.2) is 10.1 Å². The summed E-state index contributed by atoms with van der Waals surface area (Å²) in [5.41, 5.74) is 1.27. The molecule has 2 rings (SSSR count). The number of benzene rings is 1. The quantitative estimate of drug-likeness (QED) is 0.695. The maximum atomic E-state index is 11.2. The first-order chi connectivity index (χ1) is 6.55. The van der Waals surface area contributed by atoms with Crippen LogP contribution in [0.3, 0.4) is 0 Å². The Morgan fingerprint density at radius 3 is 2.14 bits per heavy atom. The number of rotatable bonds is 1. The van der Waals surface area contributed by atoms with E-state index in [1.54, 1.807) is 0 Å². The molecule has 14 heavy (non-hydrogen) atoms. The molecule has 0 fully saturated rings. The summed E-state index contributed by atoms with van der Waals surface area (Å²) in [6.07, 6.45) is 0. The van der Waals surface area contributed by atoms with Crippen LogP contribution in [0.5, 0.6) is 0 Å². The van der Waals surface area contributed by atoms with Gasteiger partial charge in [0.25, 0.3) is 0 Å². The van der Waals surface area contributed by atoms with E-state index in [0.29, 0.717) is 5.57 Å². The van der Waals surface area contributed by atoms with Crippen molar-refractivity contribution in [1.29, 1.82) is 0 Å². The summed E-state index contributed by atoms with van der Waals surface area (Å²) in [5.74, 6) is -0.429. The van der Waals surface area contributed by atoms with Crippen molar-refractivity contribution in [1.82, 2.24) is 0 Å². The van der Waals surface area contributed by atoms with Crippen LogP contribution in [-0.2, 0) is 4.79 Å². The maximum Gasteiger partial charge on any atom is 0.215 e. The Morgan fingerprint density at radius 2 is 1.64 bits per heavy atom. The molecule has 0 N–H and O–H groups in total. The van der Waals surface area contributed by atoms with E-state index in [1.807, 2.05) is 30.3 Å². The van der Waals surface area contributed by atoms with Crippen molar-refractivity contribution < 1.29 is 4.79 Å². The molecule has 0 atom stereocenters. The Morgan fingerprint density at radius 1 is 1.07 bits per heavy atom. The maximum absolute atomic E-state index is 11.2. The average Bonchev–Trinajstić information content (AvgIpc) is 2.18. The van der Waals surface area contributed by atoms with E-state index in [1.165, 1.54) is 0 Å². The summed E-state index contributed by atoms with van der Waals surface area (Å²) < 4.78 is -1.47. The fourth-order valence-electron chi connectivity index (χ4n) is 1.35. The highest BCUT2D eigenvalue weighted by Crippen LogP contribution is 2.51. The molecule has 0 aliphatic heterocycles. The van der Waals surface area contributed by atoms with Gasteiger partial charge in [0.2, 0.25) is 10.1 Å². The second-order valence-electron chi connectivity index (χ2n) is 2.96. The zero-order valence-corrected chi connectivity index (χ0v) is 9.20. The fraction of sp³-hybridized carbons (Fsp3) is 0.100. The zero-order chi connectivity index (χ0) is 10.3. The zero-order valence-electron chi connectivity index (χ0n) is 6.93. The van der Waals surface area contributed by atoms with Crippen molar-refractivity contribution in [3.63, 3.8) is 0 Å². The molecule has 1 aliphatic rings. The molecule has 0 radical (unpaired) electrons. The molecule has 0 heterocycles. The summed E-state index contributed by atoms with van der Waals surface area (Å²) in [6, 6.07) is 9.15. The second-order valence-corrected chi connectivity index (χ2v) is 4.66. The van der Waals surface area contributed by atoms with Gasteiger partial charge < -0.3 is 0 Å². The third-order valence-electron chi connectivity index (χ3n) is 2.08. The van der Waals surface area contributed by atoms with E-state index in [0.717, 1.165) is 5.56 Å². The standard InChI is InChI=1S/C10H5Cl3O/c11-8-7(10(12,13)9(8)14)6-4-2-1-3-5-6/h1-5H. The number of carbonyl (C=O) groups is 1. The molecule has 0 bridgehead atoms. The minimum atomic E-state index is -1.47. The average molecular weight is 248 g/mol. The molecular formula is C10H5Cl3O. The minimum absolute atomic E-state index is 0.126. The summed E-state index contributed by atoms with van der Waals surface area (Å²) in [4.78, 5) is 11.2. The lowest BCUT2D eigenvalue weighted by Crippen LogP contribution is -2.38. The minimum Gasteiger partial charge on any atom is -0.289 e. The van der Waals surface area contributed by atoms with Gasteiger partial charge >= 0.3 is 0 Å². The molecular weight excluding hydrogens is 242 g/mol. The van der Waals surface area contributed by atoms with Gasteiger partial charge in [-0.05, 0) is 5.56 Å². The molecule has 1 aromatic carbocycles. The summed E-state index contributed by atoms with van der Waals surface area (Å²) in [7, 11) is 0. The number of Topliss-reactive ketones (excluding diaryl/α,β-unsaturated/α-hetero) is 1. The first kappa shape index (κ1) is 10.0. The summed E-state index contributed by atoms with van der Waals surface area (Å²) >= 11 is 17.4. The van der Waals surface area contributed by atoms with E-state index >= 15 is 0 Å². The molecule has 0 saturated carbocycles. The largest absolute Gasteiger partial charge is 0.289 e. The molecule has 0 aromatic heterocycles. The molecule has 0 unspecified atom stereocenters. The Labute approximate surface area is 96.3 Å². The van der Waals surface area contributed by atoms with Crippen LogP contribution in [0, 0.1) is 0 Å². The van der Waals surface area contributed by atoms with E-state index < -0.39 is 10.1 Å². The van der Waals surface area contributed by atoms with Crippen LogP contribution in [0.2, 0.25) is 0 Å². The van der Waals surface area contributed by atoms with Gasteiger partial charge in [0.05, 0.1) is 5.03 Å². The van der Waals surface area contributed by atoms with Crippen LogP contribution in [0.25, 0.3) is 5.57 Å². The van der Waals surface area contributed by atoms with Crippen LogP contribution in [0.4, 0.5) is 0 Å². The predicted molar refractivity (Wildman–Crippen MR) is 58.7 cm³/mol. The van der Waals surface area contributed by atoms with Crippen molar-refractivity contribution in [3.8, 4) is 0 Å². The molecule has 0 amide bonds. The molecule has 1 nitrogen and oxygen atoms in total. The van der Waals surface area contributed by atoms with Crippen molar-refractivity contribution in [2.24, 2.45) is 0 Å². The monoisotopic (exact) mass is 246 g/mol. The SMILES string of the molecule is O=C1C(Cl)=C(c2ccccc2)C1(Cl)Cl. The van der Waals surface area contributed by atoms with Crippen LogP contribution >= 0.6 is 34.8 Å². The number of carbonyl (C=O) groups excluding carboxylic acids is 1.